The number of carbonyl (C=O) groups is 1. The van der Waals surface area contributed by atoms with Gasteiger partial charge in [0.05, 0.1) is 22.9 Å². The first-order chi connectivity index (χ1) is 13.6. The van der Waals surface area contributed by atoms with Gasteiger partial charge in [-0.15, -0.1) is 0 Å². The van der Waals surface area contributed by atoms with Crippen LogP contribution in [0.3, 0.4) is 0 Å². The molecule has 2 aromatic carbocycles. The molecule has 1 amide bonds. The lowest BCUT2D eigenvalue weighted by Crippen LogP contribution is -2.37. The number of para-hydroxylation sites is 1. The molecule has 5 nitrogen and oxygen atoms in total. The molecule has 0 spiro atoms. The van der Waals surface area contributed by atoms with Crippen LogP contribution in [0.2, 0.25) is 0 Å². The van der Waals surface area contributed by atoms with Crippen LogP contribution in [0, 0.1) is 0 Å². The van der Waals surface area contributed by atoms with E-state index in [1.807, 2.05) is 24.3 Å². The average molecular weight is 404 g/mol. The third kappa shape index (κ3) is 4.13. The molecule has 2 heterocycles. The first kappa shape index (κ1) is 18.8. The van der Waals surface area contributed by atoms with Crippen molar-refractivity contribution < 1.29 is 23.0 Å². The van der Waals surface area contributed by atoms with Gasteiger partial charge < -0.3 is 9.47 Å². The molecule has 1 aromatic heterocycles. The lowest BCUT2D eigenvalue weighted by Gasteiger charge is -2.23. The van der Waals surface area contributed by atoms with Crippen molar-refractivity contribution in [3.63, 3.8) is 0 Å². The molecular weight excluding hydrogens is 386 g/mol. The molecule has 4 rings (SSSR count). The molecule has 1 atom stereocenters. The maximum atomic E-state index is 13.2. The van der Waals surface area contributed by atoms with Crippen LogP contribution in [0.1, 0.15) is 23.2 Å². The number of ether oxygens (including phenoxy) is 2. The lowest BCUT2D eigenvalue weighted by atomic mass is 10.1. The van der Waals surface area contributed by atoms with Gasteiger partial charge in [-0.2, -0.15) is 8.78 Å². The zero-order chi connectivity index (χ0) is 19.5. The Morgan fingerprint density at radius 3 is 2.71 bits per heavy atom. The van der Waals surface area contributed by atoms with Crippen LogP contribution in [0.25, 0.3) is 10.2 Å². The van der Waals surface area contributed by atoms with Crippen molar-refractivity contribution in [2.24, 2.45) is 0 Å². The highest BCUT2D eigenvalue weighted by Crippen LogP contribution is 2.31. The number of amides is 1. The molecule has 0 saturated carbocycles. The fraction of sp³-hybridized carbons (Fsp3) is 0.300. The third-order valence-corrected chi connectivity index (χ3v) is 5.55. The first-order valence-electron chi connectivity index (χ1n) is 8.94. The van der Waals surface area contributed by atoms with Crippen molar-refractivity contribution >= 4 is 32.6 Å². The number of halogens is 2. The second-order valence-corrected chi connectivity index (χ2v) is 7.43. The molecule has 0 unspecified atom stereocenters. The summed E-state index contributed by atoms with van der Waals surface area (Å²) in [6.07, 6.45) is 1.81. The van der Waals surface area contributed by atoms with Crippen LogP contribution in [0.15, 0.2) is 48.5 Å². The number of rotatable bonds is 6. The molecule has 0 N–H and O–H groups in total. The van der Waals surface area contributed by atoms with Crippen LogP contribution in [0.5, 0.6) is 5.75 Å². The van der Waals surface area contributed by atoms with Crippen molar-refractivity contribution in [2.45, 2.75) is 25.6 Å². The van der Waals surface area contributed by atoms with Crippen molar-refractivity contribution in [1.29, 1.82) is 0 Å². The summed E-state index contributed by atoms with van der Waals surface area (Å²) in [7, 11) is 0. The van der Waals surface area contributed by atoms with Crippen LogP contribution in [-0.4, -0.2) is 36.8 Å². The fourth-order valence-corrected chi connectivity index (χ4v) is 4.12. The SMILES string of the molecule is O=C(c1ccc(OC(F)F)cc1)N(C[C@H]1CCCO1)c1nc2ccccc2s1. The third-order valence-electron chi connectivity index (χ3n) is 4.50. The number of carbonyl (C=O) groups excluding carboxylic acids is 1. The largest absolute Gasteiger partial charge is 0.435 e. The minimum Gasteiger partial charge on any atom is -0.435 e. The topological polar surface area (TPSA) is 51.7 Å². The number of aromatic nitrogens is 1. The quantitative estimate of drug-likeness (QED) is 0.596. The maximum Gasteiger partial charge on any atom is 0.387 e. The number of alkyl halides is 2. The van der Waals surface area contributed by atoms with Gasteiger partial charge in [-0.1, -0.05) is 23.5 Å². The van der Waals surface area contributed by atoms with E-state index in [4.69, 9.17) is 4.74 Å². The van der Waals surface area contributed by atoms with E-state index in [1.165, 1.54) is 35.6 Å². The minimum atomic E-state index is -2.90. The Labute approximate surface area is 164 Å². The summed E-state index contributed by atoms with van der Waals surface area (Å²) in [4.78, 5) is 19.4. The van der Waals surface area contributed by atoms with Gasteiger partial charge in [0.2, 0.25) is 0 Å². The second-order valence-electron chi connectivity index (χ2n) is 6.42. The van der Waals surface area contributed by atoms with E-state index in [0.717, 1.165) is 23.1 Å². The number of thiazole rings is 1. The molecule has 1 saturated heterocycles. The lowest BCUT2D eigenvalue weighted by molar-refractivity contribution is -0.0498. The summed E-state index contributed by atoms with van der Waals surface area (Å²) in [6.45, 7) is -1.82. The number of fused-ring (bicyclic) bond motifs is 1. The highest BCUT2D eigenvalue weighted by atomic mass is 32.1. The Bertz CT molecular complexity index is 922. The Kier molecular flexibility index (Phi) is 5.50. The molecular formula is C20H18F2N2O3S. The standard InChI is InChI=1S/C20H18F2N2O3S/c21-19(22)27-14-9-7-13(8-10-14)18(25)24(12-15-4-3-11-26-15)20-23-16-5-1-2-6-17(16)28-20/h1-2,5-10,15,19H,3-4,11-12H2/t15-/m1/s1. The summed E-state index contributed by atoms with van der Waals surface area (Å²) in [5.74, 6) is -0.240. The Balaban J connectivity index is 1.62. The predicted molar refractivity (Wildman–Crippen MR) is 103 cm³/mol. The van der Waals surface area contributed by atoms with Crippen LogP contribution < -0.4 is 9.64 Å². The Hall–Kier alpha value is -2.58. The second kappa shape index (κ2) is 8.20. The van der Waals surface area contributed by atoms with Crippen molar-refractivity contribution in [2.75, 3.05) is 18.1 Å². The fourth-order valence-electron chi connectivity index (χ4n) is 3.15. The van der Waals surface area contributed by atoms with Gasteiger partial charge in [-0.05, 0) is 49.2 Å². The average Bonchev–Trinajstić information content (AvgIpc) is 3.35. The monoisotopic (exact) mass is 404 g/mol. The van der Waals surface area contributed by atoms with Gasteiger partial charge in [0.25, 0.3) is 5.91 Å². The van der Waals surface area contributed by atoms with E-state index >= 15 is 0 Å². The molecule has 0 bridgehead atoms. The summed E-state index contributed by atoms with van der Waals surface area (Å²) >= 11 is 1.44. The van der Waals surface area contributed by atoms with E-state index in [9.17, 15) is 13.6 Å². The van der Waals surface area contributed by atoms with Crippen molar-refractivity contribution in [1.82, 2.24) is 4.98 Å². The van der Waals surface area contributed by atoms with Crippen molar-refractivity contribution in [3.8, 4) is 5.75 Å². The summed E-state index contributed by atoms with van der Waals surface area (Å²) in [5, 5.41) is 0.592. The predicted octanol–water partition coefficient (Wildman–Crippen LogP) is 4.72. The van der Waals surface area contributed by atoms with E-state index < -0.39 is 6.61 Å². The van der Waals surface area contributed by atoms with E-state index in [-0.39, 0.29) is 17.8 Å². The van der Waals surface area contributed by atoms with Gasteiger partial charge >= 0.3 is 6.61 Å². The zero-order valence-corrected chi connectivity index (χ0v) is 15.7. The highest BCUT2D eigenvalue weighted by Gasteiger charge is 2.27. The number of nitrogens with zero attached hydrogens (tertiary/aromatic N) is 2. The number of benzene rings is 2. The van der Waals surface area contributed by atoms with Crippen LogP contribution >= 0.6 is 11.3 Å². The molecule has 28 heavy (non-hydrogen) atoms. The Morgan fingerprint density at radius 2 is 2.04 bits per heavy atom. The summed E-state index contributed by atoms with van der Waals surface area (Å²) in [5.41, 5.74) is 1.20. The minimum absolute atomic E-state index is 0.0113. The normalized spacial score (nSPS) is 16.6. The zero-order valence-electron chi connectivity index (χ0n) is 14.9. The molecule has 0 radical (unpaired) electrons. The van der Waals surface area contributed by atoms with Gasteiger partial charge in [-0.25, -0.2) is 4.98 Å². The maximum absolute atomic E-state index is 13.2. The number of hydrogen-bond acceptors (Lipinski definition) is 5. The number of hydrogen-bond donors (Lipinski definition) is 0. The summed E-state index contributed by atoms with van der Waals surface area (Å²) < 4.78 is 35.7. The van der Waals surface area contributed by atoms with E-state index in [1.54, 1.807) is 4.90 Å². The van der Waals surface area contributed by atoms with Crippen LogP contribution in [0.4, 0.5) is 13.9 Å². The number of anilines is 1. The molecule has 1 aliphatic rings. The smallest absolute Gasteiger partial charge is 0.387 e. The molecule has 1 aliphatic heterocycles. The Morgan fingerprint density at radius 1 is 1.25 bits per heavy atom. The first-order valence-corrected chi connectivity index (χ1v) is 9.76. The van der Waals surface area contributed by atoms with Crippen LogP contribution in [-0.2, 0) is 4.74 Å². The van der Waals surface area contributed by atoms with Gasteiger partial charge in [-0.3, -0.25) is 9.69 Å². The van der Waals surface area contributed by atoms with Crippen molar-refractivity contribution in [3.05, 3.63) is 54.1 Å². The highest BCUT2D eigenvalue weighted by molar-refractivity contribution is 7.22. The molecule has 146 valence electrons. The van der Waals surface area contributed by atoms with E-state index in [2.05, 4.69) is 9.72 Å². The molecule has 0 aliphatic carbocycles. The molecule has 1 fully saturated rings. The van der Waals surface area contributed by atoms with Gasteiger partial charge in [0.1, 0.15) is 5.75 Å². The molecule has 3 aromatic rings. The van der Waals surface area contributed by atoms with Gasteiger partial charge in [0.15, 0.2) is 5.13 Å². The molecule has 8 heteroatoms. The summed E-state index contributed by atoms with van der Waals surface area (Å²) in [6, 6.07) is 13.4. The van der Waals surface area contributed by atoms with Gasteiger partial charge in [0, 0.05) is 12.2 Å². The van der Waals surface area contributed by atoms with E-state index in [0.29, 0.717) is 23.8 Å².